The topological polar surface area (TPSA) is 58.2 Å². The lowest BCUT2D eigenvalue weighted by Crippen LogP contribution is -2.45. The number of carbonyl (C=O) groups excluding carboxylic acids is 2. The highest BCUT2D eigenvalue weighted by molar-refractivity contribution is 7.21. The molecule has 0 unspecified atom stereocenters. The van der Waals surface area contributed by atoms with Crippen LogP contribution in [0.1, 0.15) is 35.4 Å². The second-order valence-corrected chi connectivity index (χ2v) is 7.90. The van der Waals surface area contributed by atoms with Gasteiger partial charge in [0.1, 0.15) is 4.88 Å². The van der Waals surface area contributed by atoms with Crippen LogP contribution in [0.3, 0.4) is 0 Å². The molecule has 2 aliphatic carbocycles. The SMILES string of the molecule is O=C(NNC(=O)[C@H]1C[C@@H]2CC[C@H]1C2)c1sc2ccccc2c1Cl. The summed E-state index contributed by atoms with van der Waals surface area (Å²) in [6.07, 6.45) is 4.50. The summed E-state index contributed by atoms with van der Waals surface area (Å²) in [5.74, 6) is 0.815. The zero-order valence-electron chi connectivity index (χ0n) is 12.5. The van der Waals surface area contributed by atoms with Crippen LogP contribution in [0.5, 0.6) is 0 Å². The van der Waals surface area contributed by atoms with E-state index in [-0.39, 0.29) is 17.7 Å². The van der Waals surface area contributed by atoms with Gasteiger partial charge in [-0.1, -0.05) is 36.2 Å². The third kappa shape index (κ3) is 2.62. The molecular weight excluding hydrogens is 332 g/mol. The summed E-state index contributed by atoms with van der Waals surface area (Å²) >= 11 is 7.62. The number of rotatable bonds is 2. The second kappa shape index (κ2) is 5.80. The lowest BCUT2D eigenvalue weighted by Gasteiger charge is -2.20. The van der Waals surface area contributed by atoms with Crippen LogP contribution in [0.2, 0.25) is 5.02 Å². The van der Waals surface area contributed by atoms with Crippen molar-refractivity contribution in [3.05, 3.63) is 34.2 Å². The van der Waals surface area contributed by atoms with Gasteiger partial charge in [0, 0.05) is 16.0 Å². The van der Waals surface area contributed by atoms with Crippen molar-refractivity contribution in [1.29, 1.82) is 0 Å². The minimum Gasteiger partial charge on any atom is -0.273 e. The van der Waals surface area contributed by atoms with Gasteiger partial charge in [0.2, 0.25) is 5.91 Å². The van der Waals surface area contributed by atoms with Crippen molar-refractivity contribution in [3.63, 3.8) is 0 Å². The molecule has 4 rings (SSSR count). The standard InChI is InChI=1S/C17H17ClN2O2S/c18-14-11-3-1-2-4-13(11)23-15(14)17(22)20-19-16(21)12-8-9-5-6-10(12)7-9/h1-4,9-10,12H,5-8H2,(H,19,21)(H,20,22)/t9-,10+,12+/m1/s1. The molecule has 2 fully saturated rings. The minimum absolute atomic E-state index is 0.0481. The van der Waals surface area contributed by atoms with Crippen molar-refractivity contribution >= 4 is 44.8 Å². The summed E-state index contributed by atoms with van der Waals surface area (Å²) in [5, 5.41) is 1.31. The van der Waals surface area contributed by atoms with Crippen molar-refractivity contribution in [1.82, 2.24) is 10.9 Å². The molecule has 2 saturated carbocycles. The number of fused-ring (bicyclic) bond motifs is 3. The average molecular weight is 349 g/mol. The van der Waals surface area contributed by atoms with Gasteiger partial charge in [-0.15, -0.1) is 11.3 Å². The van der Waals surface area contributed by atoms with Gasteiger partial charge in [0.25, 0.3) is 5.91 Å². The van der Waals surface area contributed by atoms with Crippen LogP contribution in [0.15, 0.2) is 24.3 Å². The van der Waals surface area contributed by atoms with E-state index in [0.717, 1.165) is 29.3 Å². The predicted octanol–water partition coefficient (Wildman–Crippen LogP) is 3.75. The fraction of sp³-hybridized carbons (Fsp3) is 0.412. The number of carbonyl (C=O) groups is 2. The smallest absolute Gasteiger partial charge is 0.273 e. The summed E-state index contributed by atoms with van der Waals surface area (Å²) in [6.45, 7) is 0. The molecule has 1 aromatic heterocycles. The number of amides is 2. The predicted molar refractivity (Wildman–Crippen MR) is 91.4 cm³/mol. The van der Waals surface area contributed by atoms with E-state index in [4.69, 9.17) is 11.6 Å². The Bertz CT molecular complexity index is 788. The van der Waals surface area contributed by atoms with Crippen molar-refractivity contribution in [3.8, 4) is 0 Å². The van der Waals surface area contributed by atoms with E-state index >= 15 is 0 Å². The Morgan fingerprint density at radius 3 is 2.65 bits per heavy atom. The molecule has 0 radical (unpaired) electrons. The molecule has 2 aromatic rings. The van der Waals surface area contributed by atoms with E-state index in [0.29, 0.717) is 21.7 Å². The third-order valence-corrected chi connectivity index (χ3v) is 6.79. The maximum Gasteiger partial charge on any atom is 0.281 e. The number of thiophene rings is 1. The number of hydrogen-bond acceptors (Lipinski definition) is 3. The quantitative estimate of drug-likeness (QED) is 0.812. The molecule has 2 N–H and O–H groups in total. The maximum atomic E-state index is 12.3. The van der Waals surface area contributed by atoms with E-state index in [2.05, 4.69) is 10.9 Å². The molecule has 0 saturated heterocycles. The van der Waals surface area contributed by atoms with Crippen LogP contribution in [0.4, 0.5) is 0 Å². The summed E-state index contributed by atoms with van der Waals surface area (Å²) in [6, 6.07) is 7.61. The Kier molecular flexibility index (Phi) is 3.77. The fourth-order valence-electron chi connectivity index (χ4n) is 3.99. The molecule has 2 bridgehead atoms. The Hall–Kier alpha value is -1.59. The molecule has 1 aromatic carbocycles. The molecule has 120 valence electrons. The van der Waals surface area contributed by atoms with E-state index < -0.39 is 0 Å². The number of benzene rings is 1. The summed E-state index contributed by atoms with van der Waals surface area (Å²) in [4.78, 5) is 25.0. The van der Waals surface area contributed by atoms with Crippen molar-refractivity contribution < 1.29 is 9.59 Å². The van der Waals surface area contributed by atoms with Crippen LogP contribution < -0.4 is 10.9 Å². The van der Waals surface area contributed by atoms with E-state index in [1.54, 1.807) is 0 Å². The van der Waals surface area contributed by atoms with E-state index in [9.17, 15) is 9.59 Å². The summed E-state index contributed by atoms with van der Waals surface area (Å²) in [5.41, 5.74) is 5.11. The van der Waals surface area contributed by atoms with Gasteiger partial charge >= 0.3 is 0 Å². The Balaban J connectivity index is 1.43. The number of hydrazine groups is 1. The van der Waals surface area contributed by atoms with Gasteiger partial charge < -0.3 is 0 Å². The van der Waals surface area contributed by atoms with Gasteiger partial charge in [0.05, 0.1) is 5.02 Å². The molecule has 0 spiro atoms. The molecule has 2 aliphatic rings. The van der Waals surface area contributed by atoms with Crippen molar-refractivity contribution in [2.24, 2.45) is 17.8 Å². The Morgan fingerprint density at radius 2 is 1.96 bits per heavy atom. The van der Waals surface area contributed by atoms with Gasteiger partial charge in [0.15, 0.2) is 0 Å². The molecule has 6 heteroatoms. The zero-order chi connectivity index (χ0) is 16.0. The summed E-state index contributed by atoms with van der Waals surface area (Å²) < 4.78 is 0.960. The molecule has 4 nitrogen and oxygen atoms in total. The van der Waals surface area contributed by atoms with Crippen molar-refractivity contribution in [2.75, 3.05) is 0 Å². The first-order valence-corrected chi connectivity index (χ1v) is 9.10. The first-order valence-electron chi connectivity index (χ1n) is 7.90. The van der Waals surface area contributed by atoms with E-state index in [1.807, 2.05) is 24.3 Å². The molecule has 2 amide bonds. The third-order valence-electron chi connectivity index (χ3n) is 5.12. The lowest BCUT2D eigenvalue weighted by molar-refractivity contribution is -0.127. The van der Waals surface area contributed by atoms with Crippen molar-refractivity contribution in [2.45, 2.75) is 25.7 Å². The van der Waals surface area contributed by atoms with Gasteiger partial charge in [-0.25, -0.2) is 0 Å². The highest BCUT2D eigenvalue weighted by atomic mass is 35.5. The first kappa shape index (κ1) is 15.0. The van der Waals surface area contributed by atoms with Gasteiger partial charge in [-0.3, -0.25) is 20.4 Å². The van der Waals surface area contributed by atoms with Crippen LogP contribution in [0.25, 0.3) is 10.1 Å². The fourth-order valence-corrected chi connectivity index (χ4v) is 5.41. The highest BCUT2D eigenvalue weighted by Gasteiger charge is 2.43. The van der Waals surface area contributed by atoms with Crippen LogP contribution in [0, 0.1) is 17.8 Å². The number of nitrogens with one attached hydrogen (secondary N) is 2. The molecular formula is C17H17ClN2O2S. The molecule has 0 aliphatic heterocycles. The van der Waals surface area contributed by atoms with E-state index in [1.165, 1.54) is 17.8 Å². The zero-order valence-corrected chi connectivity index (χ0v) is 14.0. The van der Waals surface area contributed by atoms with Crippen LogP contribution in [-0.4, -0.2) is 11.8 Å². The average Bonchev–Trinajstić information content (AvgIpc) is 3.27. The van der Waals surface area contributed by atoms with Gasteiger partial charge in [-0.05, 0) is 37.2 Å². The lowest BCUT2D eigenvalue weighted by atomic mass is 9.88. The monoisotopic (exact) mass is 348 g/mol. The number of halogens is 1. The highest BCUT2D eigenvalue weighted by Crippen LogP contribution is 2.48. The first-order chi connectivity index (χ1) is 11.1. The summed E-state index contributed by atoms with van der Waals surface area (Å²) in [7, 11) is 0. The second-order valence-electron chi connectivity index (χ2n) is 6.47. The minimum atomic E-state index is -0.354. The Morgan fingerprint density at radius 1 is 1.13 bits per heavy atom. The molecule has 23 heavy (non-hydrogen) atoms. The molecule has 3 atom stereocenters. The largest absolute Gasteiger partial charge is 0.281 e. The van der Waals surface area contributed by atoms with Gasteiger partial charge in [-0.2, -0.15) is 0 Å². The maximum absolute atomic E-state index is 12.3. The Labute approximate surface area is 143 Å². The molecule has 1 heterocycles. The van der Waals surface area contributed by atoms with Crippen LogP contribution in [-0.2, 0) is 4.79 Å². The number of hydrogen-bond donors (Lipinski definition) is 2. The normalized spacial score (nSPS) is 25.7. The van der Waals surface area contributed by atoms with Crippen LogP contribution >= 0.6 is 22.9 Å².